The molecule has 0 saturated heterocycles. The first-order valence-electron chi connectivity index (χ1n) is 15.6. The normalized spacial score (nSPS) is 14.6. The maximum absolute atomic E-state index is 9.80. The van der Waals surface area contributed by atoms with E-state index in [1.807, 2.05) is 12.1 Å². The van der Waals surface area contributed by atoms with Crippen LogP contribution in [0, 0.1) is 11.3 Å². The van der Waals surface area contributed by atoms with Crippen molar-refractivity contribution in [1.29, 1.82) is 5.26 Å². The molecule has 0 N–H and O–H groups in total. The predicted octanol–water partition coefficient (Wildman–Crippen LogP) is 11.1. The van der Waals surface area contributed by atoms with Crippen LogP contribution in [0.3, 0.4) is 0 Å². The quantitative estimate of drug-likeness (QED) is 0.194. The first-order chi connectivity index (χ1) is 22.8. The molecular formula is C44H30N2. The number of fused-ring (bicyclic) bond motifs is 3. The van der Waals surface area contributed by atoms with E-state index in [4.69, 9.17) is 0 Å². The highest BCUT2D eigenvalue weighted by Crippen LogP contribution is 2.56. The lowest BCUT2D eigenvalue weighted by molar-refractivity contribution is 0.768. The van der Waals surface area contributed by atoms with E-state index in [0.717, 1.165) is 33.8 Å². The number of anilines is 3. The highest BCUT2D eigenvalue weighted by atomic mass is 15.1. The van der Waals surface area contributed by atoms with Crippen molar-refractivity contribution in [2.24, 2.45) is 0 Å². The van der Waals surface area contributed by atoms with Crippen molar-refractivity contribution < 1.29 is 0 Å². The van der Waals surface area contributed by atoms with Crippen LogP contribution in [0.4, 0.5) is 17.1 Å². The molecule has 0 heterocycles. The van der Waals surface area contributed by atoms with Crippen molar-refractivity contribution in [3.05, 3.63) is 210 Å². The van der Waals surface area contributed by atoms with Gasteiger partial charge in [-0.1, -0.05) is 127 Å². The standard InChI is InChI=1S/C44H30N2/c45-31-32-26-27-43-41(28-32)40-24-10-11-25-42(40)44(43,35-16-4-1-5-17-35)36-18-12-14-33(29-36)34-15-13-23-39(30-34)46(37-19-6-2-7-20-37)38-21-8-3-9-22-38/h1-30H. The van der Waals surface area contributed by atoms with Crippen LogP contribution in [0.15, 0.2) is 182 Å². The molecule has 2 heteroatoms. The van der Waals surface area contributed by atoms with Gasteiger partial charge in [0, 0.05) is 17.1 Å². The predicted molar refractivity (Wildman–Crippen MR) is 189 cm³/mol. The zero-order valence-electron chi connectivity index (χ0n) is 25.2. The fourth-order valence-corrected chi connectivity index (χ4v) is 7.19. The summed E-state index contributed by atoms with van der Waals surface area (Å²) >= 11 is 0. The Morgan fingerprint density at radius 2 is 0.957 bits per heavy atom. The van der Waals surface area contributed by atoms with E-state index in [1.165, 1.54) is 27.8 Å². The molecule has 1 aliphatic rings. The Hall–Kier alpha value is -6.17. The minimum atomic E-state index is -0.533. The molecule has 0 spiro atoms. The number of nitriles is 1. The minimum absolute atomic E-state index is 0.533. The van der Waals surface area contributed by atoms with E-state index in [1.54, 1.807) is 0 Å². The van der Waals surface area contributed by atoms with Gasteiger partial charge >= 0.3 is 0 Å². The Kier molecular flexibility index (Phi) is 6.78. The van der Waals surface area contributed by atoms with Gasteiger partial charge in [0.25, 0.3) is 0 Å². The average molecular weight is 587 g/mol. The first kappa shape index (κ1) is 27.4. The molecule has 1 aliphatic carbocycles. The molecule has 0 saturated carbocycles. The minimum Gasteiger partial charge on any atom is -0.310 e. The summed E-state index contributed by atoms with van der Waals surface area (Å²) in [6, 6.07) is 66.8. The molecule has 7 aromatic carbocycles. The van der Waals surface area contributed by atoms with Crippen LogP contribution in [0.25, 0.3) is 22.3 Å². The molecule has 0 bridgehead atoms. The van der Waals surface area contributed by atoms with Crippen molar-refractivity contribution in [2.75, 3.05) is 4.90 Å². The molecule has 0 aliphatic heterocycles. The molecule has 1 unspecified atom stereocenters. The lowest BCUT2D eigenvalue weighted by atomic mass is 9.67. The van der Waals surface area contributed by atoms with Gasteiger partial charge in [-0.05, 0) is 99.1 Å². The molecule has 8 rings (SSSR count). The summed E-state index contributed by atoms with van der Waals surface area (Å²) in [6.07, 6.45) is 0. The van der Waals surface area contributed by atoms with Crippen molar-refractivity contribution in [1.82, 2.24) is 0 Å². The van der Waals surface area contributed by atoms with Gasteiger partial charge in [-0.2, -0.15) is 5.26 Å². The first-order valence-corrected chi connectivity index (χ1v) is 15.6. The molecule has 0 amide bonds. The van der Waals surface area contributed by atoms with Crippen LogP contribution in [-0.2, 0) is 5.41 Å². The van der Waals surface area contributed by atoms with Gasteiger partial charge < -0.3 is 4.90 Å². The van der Waals surface area contributed by atoms with Crippen molar-refractivity contribution >= 4 is 17.1 Å². The molecule has 0 radical (unpaired) electrons. The number of para-hydroxylation sites is 2. The number of benzene rings is 7. The Bertz CT molecular complexity index is 2180. The summed E-state index contributed by atoms with van der Waals surface area (Å²) in [5.41, 5.74) is 12.9. The van der Waals surface area contributed by atoms with E-state index < -0.39 is 5.41 Å². The highest BCUT2D eigenvalue weighted by molar-refractivity contribution is 5.88. The Morgan fingerprint density at radius 1 is 0.413 bits per heavy atom. The second-order valence-electron chi connectivity index (χ2n) is 11.7. The number of rotatable bonds is 6. The summed E-state index contributed by atoms with van der Waals surface area (Å²) in [5.74, 6) is 0. The number of hydrogen-bond acceptors (Lipinski definition) is 2. The third-order valence-corrected chi connectivity index (χ3v) is 9.14. The average Bonchev–Trinajstić information content (AvgIpc) is 3.44. The van der Waals surface area contributed by atoms with Crippen LogP contribution in [0.5, 0.6) is 0 Å². The molecule has 0 fully saturated rings. The Labute approximate surface area is 270 Å². The van der Waals surface area contributed by atoms with Crippen molar-refractivity contribution in [2.45, 2.75) is 5.41 Å². The van der Waals surface area contributed by atoms with Crippen LogP contribution in [-0.4, -0.2) is 0 Å². The van der Waals surface area contributed by atoms with E-state index in [0.29, 0.717) is 5.56 Å². The molecule has 216 valence electrons. The topological polar surface area (TPSA) is 27.0 Å². The highest BCUT2D eigenvalue weighted by Gasteiger charge is 2.46. The Balaban J connectivity index is 1.32. The molecule has 7 aromatic rings. The summed E-state index contributed by atoms with van der Waals surface area (Å²) in [4.78, 5) is 2.30. The molecule has 1 atom stereocenters. The number of nitrogens with zero attached hydrogens (tertiary/aromatic N) is 2. The number of hydrogen-bond donors (Lipinski definition) is 0. The van der Waals surface area contributed by atoms with Crippen molar-refractivity contribution in [3.8, 4) is 28.3 Å². The van der Waals surface area contributed by atoms with Gasteiger partial charge in [0.15, 0.2) is 0 Å². The van der Waals surface area contributed by atoms with Gasteiger partial charge in [-0.3, -0.25) is 0 Å². The van der Waals surface area contributed by atoms with E-state index in [9.17, 15) is 5.26 Å². The van der Waals surface area contributed by atoms with Gasteiger partial charge in [0.2, 0.25) is 0 Å². The van der Waals surface area contributed by atoms with Crippen LogP contribution >= 0.6 is 0 Å². The lowest BCUT2D eigenvalue weighted by Crippen LogP contribution is -2.28. The van der Waals surface area contributed by atoms with Gasteiger partial charge in [0.05, 0.1) is 17.0 Å². The smallest absolute Gasteiger partial charge is 0.0991 e. The maximum Gasteiger partial charge on any atom is 0.0991 e. The second-order valence-corrected chi connectivity index (χ2v) is 11.7. The summed E-state index contributed by atoms with van der Waals surface area (Å²) in [7, 11) is 0. The lowest BCUT2D eigenvalue weighted by Gasteiger charge is -2.34. The van der Waals surface area contributed by atoms with Crippen LogP contribution in [0.1, 0.15) is 27.8 Å². The molecular weight excluding hydrogens is 556 g/mol. The van der Waals surface area contributed by atoms with E-state index >= 15 is 0 Å². The fraction of sp³-hybridized carbons (Fsp3) is 0.0227. The summed E-state index contributed by atoms with van der Waals surface area (Å²) < 4.78 is 0. The molecule has 0 aromatic heterocycles. The van der Waals surface area contributed by atoms with Crippen LogP contribution < -0.4 is 4.90 Å². The fourth-order valence-electron chi connectivity index (χ4n) is 7.19. The SMILES string of the molecule is N#Cc1ccc2c(c1)-c1ccccc1C2(c1ccccc1)c1cccc(-c2cccc(N(c3ccccc3)c3ccccc3)c2)c1. The van der Waals surface area contributed by atoms with Crippen molar-refractivity contribution in [3.63, 3.8) is 0 Å². The summed E-state index contributed by atoms with van der Waals surface area (Å²) in [6.45, 7) is 0. The second kappa shape index (κ2) is 11.4. The third kappa shape index (κ3) is 4.41. The third-order valence-electron chi connectivity index (χ3n) is 9.14. The Morgan fingerprint density at radius 3 is 1.65 bits per heavy atom. The zero-order valence-corrected chi connectivity index (χ0v) is 25.2. The van der Waals surface area contributed by atoms with E-state index in [2.05, 4.69) is 181 Å². The van der Waals surface area contributed by atoms with Gasteiger partial charge in [-0.25, -0.2) is 0 Å². The largest absolute Gasteiger partial charge is 0.310 e. The zero-order chi connectivity index (χ0) is 30.9. The molecule has 2 nitrogen and oxygen atoms in total. The van der Waals surface area contributed by atoms with Crippen LogP contribution in [0.2, 0.25) is 0 Å². The van der Waals surface area contributed by atoms with E-state index in [-0.39, 0.29) is 0 Å². The monoisotopic (exact) mass is 586 g/mol. The molecule has 46 heavy (non-hydrogen) atoms. The van der Waals surface area contributed by atoms with Gasteiger partial charge in [-0.15, -0.1) is 0 Å². The summed E-state index contributed by atoms with van der Waals surface area (Å²) in [5, 5.41) is 9.80. The maximum atomic E-state index is 9.80. The van der Waals surface area contributed by atoms with Gasteiger partial charge in [0.1, 0.15) is 0 Å².